The lowest BCUT2D eigenvalue weighted by molar-refractivity contribution is 0.0946. The molecule has 0 bridgehead atoms. The van der Waals surface area contributed by atoms with Crippen molar-refractivity contribution in [3.8, 4) is 0 Å². The molecule has 0 saturated heterocycles. The first-order valence-electron chi connectivity index (χ1n) is 9.54. The highest BCUT2D eigenvalue weighted by Crippen LogP contribution is 2.40. The molecule has 0 spiro atoms. The van der Waals surface area contributed by atoms with Gasteiger partial charge < -0.3 is 15.1 Å². The largest absolute Gasteiger partial charge is 0.442 e. The van der Waals surface area contributed by atoms with Crippen LogP contribution < -0.4 is 10.6 Å². The summed E-state index contributed by atoms with van der Waals surface area (Å²) in [6.45, 7) is 9.81. The Hall–Kier alpha value is -2.23. The van der Waals surface area contributed by atoms with E-state index in [9.17, 15) is 4.79 Å². The number of amides is 1. The quantitative estimate of drug-likeness (QED) is 0.410. The number of aromatic nitrogens is 2. The zero-order chi connectivity index (χ0) is 21.2. The Bertz CT molecular complexity index is 1010. The first kappa shape index (κ1) is 21.5. The van der Waals surface area contributed by atoms with Crippen molar-refractivity contribution in [2.45, 2.75) is 59.0 Å². The molecule has 1 atom stereocenters. The lowest BCUT2D eigenvalue weighted by Gasteiger charge is -2.16. The fourth-order valence-electron chi connectivity index (χ4n) is 2.87. The van der Waals surface area contributed by atoms with E-state index in [1.807, 2.05) is 24.9 Å². The Labute approximate surface area is 184 Å². The number of carbonyl (C=O) groups excluding carboxylic acids is 1. The van der Waals surface area contributed by atoms with Crippen molar-refractivity contribution >= 4 is 51.6 Å². The van der Waals surface area contributed by atoms with E-state index in [2.05, 4.69) is 55.1 Å². The summed E-state index contributed by atoms with van der Waals surface area (Å²) in [7, 11) is 0. The van der Waals surface area contributed by atoms with Gasteiger partial charge in [0, 0.05) is 18.0 Å². The molecule has 3 rings (SSSR count). The van der Waals surface area contributed by atoms with Crippen LogP contribution in [0.5, 0.6) is 0 Å². The van der Waals surface area contributed by atoms with E-state index < -0.39 is 0 Å². The van der Waals surface area contributed by atoms with Crippen LogP contribution in [0, 0.1) is 6.92 Å². The van der Waals surface area contributed by atoms with Crippen molar-refractivity contribution < 1.29 is 9.21 Å². The van der Waals surface area contributed by atoms with Gasteiger partial charge in [-0.05, 0) is 57.1 Å². The number of nitrogens with one attached hydrogen (secondary N) is 2. The van der Waals surface area contributed by atoms with Gasteiger partial charge in [-0.25, -0.2) is 9.97 Å². The summed E-state index contributed by atoms with van der Waals surface area (Å²) in [5.41, 5.74) is 2.91. The minimum atomic E-state index is -0.223. The number of carbonyl (C=O) groups is 1. The van der Waals surface area contributed by atoms with Gasteiger partial charge in [-0.1, -0.05) is 28.2 Å². The van der Waals surface area contributed by atoms with Crippen molar-refractivity contribution in [1.29, 1.82) is 0 Å². The van der Waals surface area contributed by atoms with Crippen molar-refractivity contribution in [1.82, 2.24) is 15.3 Å². The number of furan rings is 1. The van der Waals surface area contributed by atoms with Gasteiger partial charge in [0.15, 0.2) is 0 Å². The second kappa shape index (κ2) is 8.64. The first-order valence-corrected chi connectivity index (χ1v) is 10.8. The highest BCUT2D eigenvalue weighted by Gasteiger charge is 2.38. The van der Waals surface area contributed by atoms with Crippen molar-refractivity contribution in [3.63, 3.8) is 0 Å². The van der Waals surface area contributed by atoms with Crippen LogP contribution in [0.4, 0.5) is 5.82 Å². The SMILES string of the molecule is CC(C)=CN=C/C(=C\I)C(C)NC(=O)c1c(C)oc2ncnc(NC3(C)CC3)c12. The second-order valence-electron chi connectivity index (χ2n) is 7.91. The third-order valence-corrected chi connectivity index (χ3v) is 5.56. The maximum Gasteiger partial charge on any atom is 0.256 e. The molecular weight excluding hydrogens is 481 g/mol. The lowest BCUT2D eigenvalue weighted by atomic mass is 10.1. The monoisotopic (exact) mass is 507 g/mol. The number of anilines is 1. The number of halogens is 1. The zero-order valence-corrected chi connectivity index (χ0v) is 19.5. The molecule has 0 aromatic carbocycles. The third-order valence-electron chi connectivity index (χ3n) is 4.84. The van der Waals surface area contributed by atoms with E-state index in [1.54, 1.807) is 19.3 Å². The Balaban J connectivity index is 1.88. The highest BCUT2D eigenvalue weighted by molar-refractivity contribution is 14.1. The van der Waals surface area contributed by atoms with Gasteiger partial charge in [0.1, 0.15) is 17.9 Å². The van der Waals surface area contributed by atoms with E-state index in [0.717, 1.165) is 24.0 Å². The Morgan fingerprint density at radius 3 is 2.72 bits per heavy atom. The molecule has 29 heavy (non-hydrogen) atoms. The van der Waals surface area contributed by atoms with Gasteiger partial charge in [0.25, 0.3) is 5.91 Å². The minimum Gasteiger partial charge on any atom is -0.442 e. The van der Waals surface area contributed by atoms with Crippen LogP contribution in [0.25, 0.3) is 11.1 Å². The number of hydrogen-bond acceptors (Lipinski definition) is 6. The summed E-state index contributed by atoms with van der Waals surface area (Å²) in [6.07, 6.45) is 7.15. The van der Waals surface area contributed by atoms with E-state index in [-0.39, 0.29) is 17.5 Å². The summed E-state index contributed by atoms with van der Waals surface area (Å²) < 4.78 is 7.67. The molecule has 2 aromatic heterocycles. The Morgan fingerprint density at radius 1 is 1.38 bits per heavy atom. The van der Waals surface area contributed by atoms with Crippen molar-refractivity contribution in [2.24, 2.45) is 4.99 Å². The van der Waals surface area contributed by atoms with Crippen LogP contribution in [-0.2, 0) is 0 Å². The van der Waals surface area contributed by atoms with Gasteiger partial charge in [0.2, 0.25) is 5.71 Å². The predicted molar refractivity (Wildman–Crippen MR) is 125 cm³/mol. The minimum absolute atomic E-state index is 0.0198. The molecule has 8 heteroatoms. The van der Waals surface area contributed by atoms with Crippen LogP contribution in [0.1, 0.15) is 56.7 Å². The highest BCUT2D eigenvalue weighted by atomic mass is 127. The van der Waals surface area contributed by atoms with Crippen molar-refractivity contribution in [3.05, 3.63) is 39.1 Å². The molecule has 7 nitrogen and oxygen atoms in total. The molecule has 1 amide bonds. The molecule has 154 valence electrons. The van der Waals surface area contributed by atoms with E-state index in [0.29, 0.717) is 28.2 Å². The smallest absolute Gasteiger partial charge is 0.256 e. The predicted octanol–water partition coefficient (Wildman–Crippen LogP) is 4.93. The standard InChI is InChI=1S/C21H26IN5O2/c1-12(2)9-23-10-15(8-22)13(3)26-19(28)16-14(4)29-20-17(16)18(24-11-25-20)27-21(5)6-7-21/h8-11,13H,6-7H2,1-5H3,(H,26,28)(H,24,25,27)/b15-8+,23-10?. The molecule has 1 saturated carbocycles. The van der Waals surface area contributed by atoms with Crippen molar-refractivity contribution in [2.75, 3.05) is 5.32 Å². The summed E-state index contributed by atoms with van der Waals surface area (Å²) in [5.74, 6) is 0.936. The Morgan fingerprint density at radius 2 is 2.10 bits per heavy atom. The molecule has 2 N–H and O–H groups in total. The van der Waals surface area contributed by atoms with E-state index >= 15 is 0 Å². The molecule has 1 aliphatic carbocycles. The van der Waals surface area contributed by atoms with Crippen LogP contribution in [0.15, 0.2) is 37.2 Å². The fourth-order valence-corrected chi connectivity index (χ4v) is 3.57. The van der Waals surface area contributed by atoms with Gasteiger partial charge in [0.05, 0.1) is 17.0 Å². The molecule has 1 fully saturated rings. The molecule has 0 aliphatic heterocycles. The van der Waals surface area contributed by atoms with Gasteiger partial charge in [-0.2, -0.15) is 0 Å². The van der Waals surface area contributed by atoms with Gasteiger partial charge in [-0.3, -0.25) is 9.79 Å². The third kappa shape index (κ3) is 5.04. The summed E-state index contributed by atoms with van der Waals surface area (Å²) in [6, 6.07) is -0.222. The topological polar surface area (TPSA) is 92.4 Å². The number of aryl methyl sites for hydroxylation is 1. The normalized spacial score (nSPS) is 16.7. The average molecular weight is 507 g/mol. The number of allylic oxidation sites excluding steroid dienone is 1. The first-order chi connectivity index (χ1) is 13.7. The molecular formula is C21H26IN5O2. The molecule has 2 heterocycles. The average Bonchev–Trinajstić information content (AvgIpc) is 3.26. The van der Waals surface area contributed by atoms with Gasteiger partial charge >= 0.3 is 0 Å². The number of rotatable bonds is 7. The summed E-state index contributed by atoms with van der Waals surface area (Å²) in [5, 5.41) is 7.11. The van der Waals surface area contributed by atoms with Crippen LogP contribution in [0.3, 0.4) is 0 Å². The van der Waals surface area contributed by atoms with Gasteiger partial charge in [-0.15, -0.1) is 0 Å². The number of fused-ring (bicyclic) bond motifs is 1. The Kier molecular flexibility index (Phi) is 6.40. The molecule has 1 unspecified atom stereocenters. The number of nitrogens with zero attached hydrogens (tertiary/aromatic N) is 3. The van der Waals surface area contributed by atoms with Crippen LogP contribution in [0.2, 0.25) is 0 Å². The zero-order valence-electron chi connectivity index (χ0n) is 17.3. The van der Waals surface area contributed by atoms with Crippen LogP contribution in [-0.4, -0.2) is 33.7 Å². The fraction of sp³-hybridized carbons (Fsp3) is 0.429. The molecule has 0 radical (unpaired) electrons. The number of aliphatic imine (C=N–C) groups is 1. The second-order valence-corrected chi connectivity index (χ2v) is 8.53. The van der Waals surface area contributed by atoms with Crippen LogP contribution >= 0.6 is 22.6 Å². The lowest BCUT2D eigenvalue weighted by Crippen LogP contribution is -2.34. The molecule has 1 aliphatic rings. The molecule has 2 aromatic rings. The number of hydrogen-bond donors (Lipinski definition) is 2. The summed E-state index contributed by atoms with van der Waals surface area (Å²) in [4.78, 5) is 26.0. The maximum atomic E-state index is 13.1. The van der Waals surface area contributed by atoms with E-state index in [1.165, 1.54) is 6.33 Å². The summed E-state index contributed by atoms with van der Waals surface area (Å²) >= 11 is 2.16. The van der Waals surface area contributed by atoms with E-state index in [4.69, 9.17) is 4.42 Å². The maximum absolute atomic E-state index is 13.1.